The second kappa shape index (κ2) is 8.13. The maximum Gasteiger partial charge on any atom is 0.350 e. The number of nitrogens with zero attached hydrogens (tertiary/aromatic N) is 3. The molecule has 0 atom stereocenters. The molecule has 1 rings (SSSR count). The van der Waals surface area contributed by atoms with Crippen molar-refractivity contribution in [3.05, 3.63) is 16.3 Å². The van der Waals surface area contributed by atoms with Gasteiger partial charge in [-0.25, -0.2) is 0 Å². The van der Waals surface area contributed by atoms with E-state index >= 15 is 0 Å². The average molecular weight is 284 g/mol. The Morgan fingerprint density at radius 1 is 1.50 bits per heavy atom. The fourth-order valence-electron chi connectivity index (χ4n) is 1.73. The van der Waals surface area contributed by atoms with Crippen LogP contribution >= 0.6 is 0 Å². The van der Waals surface area contributed by atoms with Crippen LogP contribution in [0.15, 0.2) is 6.20 Å². The first kappa shape index (κ1) is 15.9. The lowest BCUT2D eigenvalue weighted by molar-refractivity contribution is -0.385. The molecule has 0 aliphatic rings. The highest BCUT2D eigenvalue weighted by Gasteiger charge is 2.20. The van der Waals surface area contributed by atoms with E-state index in [1.54, 1.807) is 0 Å². The van der Waals surface area contributed by atoms with Crippen LogP contribution in [0.1, 0.15) is 32.6 Å². The molecule has 8 nitrogen and oxygen atoms in total. The van der Waals surface area contributed by atoms with E-state index in [0.717, 1.165) is 25.7 Å². The van der Waals surface area contributed by atoms with Gasteiger partial charge in [0.1, 0.15) is 12.7 Å². The predicted molar refractivity (Wildman–Crippen MR) is 72.6 cm³/mol. The van der Waals surface area contributed by atoms with Crippen molar-refractivity contribution in [1.82, 2.24) is 15.1 Å². The zero-order valence-electron chi connectivity index (χ0n) is 11.8. The summed E-state index contributed by atoms with van der Waals surface area (Å²) >= 11 is 0. The van der Waals surface area contributed by atoms with E-state index in [4.69, 9.17) is 4.74 Å². The molecule has 1 amide bonds. The van der Waals surface area contributed by atoms with Gasteiger partial charge >= 0.3 is 11.6 Å². The number of methoxy groups -OCH3 is 1. The summed E-state index contributed by atoms with van der Waals surface area (Å²) < 4.78 is 6.00. The summed E-state index contributed by atoms with van der Waals surface area (Å²) in [4.78, 5) is 21.8. The zero-order chi connectivity index (χ0) is 15.0. The summed E-state index contributed by atoms with van der Waals surface area (Å²) in [6, 6.07) is 0. The van der Waals surface area contributed by atoms with E-state index in [9.17, 15) is 14.9 Å². The van der Waals surface area contributed by atoms with Crippen molar-refractivity contribution in [3.63, 3.8) is 0 Å². The van der Waals surface area contributed by atoms with Gasteiger partial charge in [-0.15, -0.1) is 5.10 Å². The number of aromatic nitrogens is 2. The zero-order valence-corrected chi connectivity index (χ0v) is 11.8. The minimum absolute atomic E-state index is 0.0576. The highest BCUT2D eigenvalue weighted by Crippen LogP contribution is 2.23. The Kier molecular flexibility index (Phi) is 6.48. The van der Waals surface area contributed by atoms with Crippen LogP contribution in [0.2, 0.25) is 0 Å². The molecule has 1 aromatic heterocycles. The van der Waals surface area contributed by atoms with Crippen molar-refractivity contribution in [2.45, 2.75) is 39.2 Å². The van der Waals surface area contributed by atoms with E-state index in [0.29, 0.717) is 6.54 Å². The standard InChI is InChI=1S/C12H20N4O4/c1-3-4-5-6-7-13-11(17)9-15-8-10(16(18)19)12(14-15)20-2/h8H,3-7,9H2,1-2H3,(H,13,17). The molecule has 1 N–H and O–H groups in total. The molecule has 8 heteroatoms. The number of rotatable bonds is 9. The molecule has 0 aromatic carbocycles. The molecular weight excluding hydrogens is 264 g/mol. The summed E-state index contributed by atoms with van der Waals surface area (Å²) in [5, 5.41) is 17.3. The molecule has 0 unspecified atom stereocenters. The fraction of sp³-hybridized carbons (Fsp3) is 0.667. The first-order chi connectivity index (χ1) is 9.58. The van der Waals surface area contributed by atoms with Gasteiger partial charge in [-0.1, -0.05) is 26.2 Å². The lowest BCUT2D eigenvalue weighted by Gasteiger charge is -2.04. The SMILES string of the molecule is CCCCCCNC(=O)Cn1cc([N+](=O)[O-])c(OC)n1. The maximum absolute atomic E-state index is 11.6. The second-order valence-electron chi connectivity index (χ2n) is 4.39. The first-order valence-corrected chi connectivity index (χ1v) is 6.61. The Balaban J connectivity index is 2.44. The van der Waals surface area contributed by atoms with Crippen molar-refractivity contribution in [2.75, 3.05) is 13.7 Å². The van der Waals surface area contributed by atoms with Crippen LogP contribution in [0.3, 0.4) is 0 Å². The molecule has 0 spiro atoms. The lowest BCUT2D eigenvalue weighted by Crippen LogP contribution is -2.28. The minimum atomic E-state index is -0.592. The van der Waals surface area contributed by atoms with Crippen molar-refractivity contribution in [2.24, 2.45) is 0 Å². The lowest BCUT2D eigenvalue weighted by atomic mass is 10.2. The largest absolute Gasteiger partial charge is 0.475 e. The Bertz CT molecular complexity index is 458. The number of carbonyl (C=O) groups is 1. The van der Waals surface area contributed by atoms with Gasteiger partial charge < -0.3 is 10.1 Å². The van der Waals surface area contributed by atoms with E-state index in [1.165, 1.54) is 18.0 Å². The van der Waals surface area contributed by atoms with Gasteiger partial charge in [-0.2, -0.15) is 0 Å². The van der Waals surface area contributed by atoms with E-state index in [2.05, 4.69) is 17.3 Å². The van der Waals surface area contributed by atoms with Gasteiger partial charge in [0.2, 0.25) is 5.91 Å². The van der Waals surface area contributed by atoms with Crippen molar-refractivity contribution >= 4 is 11.6 Å². The number of hydrogen-bond acceptors (Lipinski definition) is 5. The van der Waals surface area contributed by atoms with E-state index in [-0.39, 0.29) is 24.0 Å². The van der Waals surface area contributed by atoms with Crippen LogP contribution < -0.4 is 10.1 Å². The Hall–Kier alpha value is -2.12. The van der Waals surface area contributed by atoms with E-state index < -0.39 is 4.92 Å². The van der Waals surface area contributed by atoms with Crippen LogP contribution in [-0.2, 0) is 11.3 Å². The number of unbranched alkanes of at least 4 members (excludes halogenated alkanes) is 3. The van der Waals surface area contributed by atoms with Crippen molar-refractivity contribution in [3.8, 4) is 5.88 Å². The summed E-state index contributed by atoms with van der Waals surface area (Å²) in [5.74, 6) is -0.313. The highest BCUT2D eigenvalue weighted by molar-refractivity contribution is 5.75. The van der Waals surface area contributed by atoms with Crippen LogP contribution in [0.25, 0.3) is 0 Å². The summed E-state index contributed by atoms with van der Waals surface area (Å²) in [5.41, 5.74) is -0.247. The normalized spacial score (nSPS) is 10.3. The summed E-state index contributed by atoms with van der Waals surface area (Å²) in [6.45, 7) is 2.67. The molecule has 0 radical (unpaired) electrons. The quantitative estimate of drug-likeness (QED) is 0.421. The van der Waals surface area contributed by atoms with Crippen LogP contribution in [0, 0.1) is 10.1 Å². The van der Waals surface area contributed by atoms with Gasteiger partial charge in [0.25, 0.3) is 0 Å². The minimum Gasteiger partial charge on any atom is -0.475 e. The third kappa shape index (κ3) is 4.87. The maximum atomic E-state index is 11.6. The third-order valence-electron chi connectivity index (χ3n) is 2.76. The monoisotopic (exact) mass is 284 g/mol. The number of hydrogen-bond donors (Lipinski definition) is 1. The molecular formula is C12H20N4O4. The topological polar surface area (TPSA) is 99.3 Å². The first-order valence-electron chi connectivity index (χ1n) is 6.61. The predicted octanol–water partition coefficient (Wildman–Crippen LogP) is 1.50. The van der Waals surface area contributed by atoms with Gasteiger partial charge in [-0.05, 0) is 6.42 Å². The molecule has 0 aliphatic heterocycles. The molecule has 0 aliphatic carbocycles. The number of nitrogens with one attached hydrogen (secondary N) is 1. The number of ether oxygens (including phenoxy) is 1. The second-order valence-corrected chi connectivity index (χ2v) is 4.39. The Morgan fingerprint density at radius 2 is 2.25 bits per heavy atom. The molecule has 0 saturated carbocycles. The van der Waals surface area contributed by atoms with Gasteiger partial charge in [0.05, 0.1) is 12.0 Å². The molecule has 1 aromatic rings. The summed E-state index contributed by atoms with van der Waals surface area (Å²) in [6.07, 6.45) is 5.50. The van der Waals surface area contributed by atoms with Crippen molar-refractivity contribution in [1.29, 1.82) is 0 Å². The summed E-state index contributed by atoms with van der Waals surface area (Å²) in [7, 11) is 1.30. The molecule has 112 valence electrons. The molecule has 20 heavy (non-hydrogen) atoms. The highest BCUT2D eigenvalue weighted by atomic mass is 16.6. The Labute approximate surface area is 117 Å². The molecule has 0 fully saturated rings. The molecule has 0 bridgehead atoms. The van der Waals surface area contributed by atoms with Gasteiger partial charge in [0.15, 0.2) is 0 Å². The Morgan fingerprint density at radius 3 is 2.80 bits per heavy atom. The fourth-order valence-corrected chi connectivity index (χ4v) is 1.73. The van der Waals surface area contributed by atoms with E-state index in [1.807, 2.05) is 0 Å². The van der Waals surface area contributed by atoms with Crippen LogP contribution in [0.4, 0.5) is 5.69 Å². The van der Waals surface area contributed by atoms with Crippen molar-refractivity contribution < 1.29 is 14.5 Å². The van der Waals surface area contributed by atoms with Gasteiger partial charge in [-0.3, -0.25) is 19.6 Å². The van der Waals surface area contributed by atoms with Crippen LogP contribution in [0.5, 0.6) is 5.88 Å². The number of carbonyl (C=O) groups excluding carboxylic acids is 1. The number of amides is 1. The molecule has 0 saturated heterocycles. The molecule has 1 heterocycles. The number of nitro groups is 1. The van der Waals surface area contributed by atoms with Crippen LogP contribution in [-0.4, -0.2) is 34.3 Å². The average Bonchev–Trinajstić information content (AvgIpc) is 2.81. The smallest absolute Gasteiger partial charge is 0.350 e. The third-order valence-corrected chi connectivity index (χ3v) is 2.76. The van der Waals surface area contributed by atoms with Gasteiger partial charge in [0, 0.05) is 6.54 Å².